The van der Waals surface area contributed by atoms with Crippen LogP contribution >= 0.6 is 0 Å². The van der Waals surface area contributed by atoms with Crippen LogP contribution in [0.4, 0.5) is 5.69 Å². The summed E-state index contributed by atoms with van der Waals surface area (Å²) in [7, 11) is 6.16. The molecule has 1 aromatic rings. The lowest BCUT2D eigenvalue weighted by Gasteiger charge is -2.24. The Balaban J connectivity index is 2.92. The van der Waals surface area contributed by atoms with Gasteiger partial charge in [-0.05, 0) is 45.6 Å². The van der Waals surface area contributed by atoms with Crippen LogP contribution in [0.5, 0.6) is 0 Å². The normalized spacial score (nSPS) is 11.9. The first-order valence-electron chi connectivity index (χ1n) is 6.40. The Kier molecular flexibility index (Phi) is 5.63. The lowest BCUT2D eigenvalue weighted by atomic mass is 10.1. The number of nitrogens with zero attached hydrogens (tertiary/aromatic N) is 3. The van der Waals surface area contributed by atoms with E-state index in [-0.39, 0.29) is 5.84 Å². The van der Waals surface area contributed by atoms with Crippen LogP contribution in [0.2, 0.25) is 0 Å². The highest BCUT2D eigenvalue weighted by Gasteiger charge is 2.13. The number of oxime groups is 1. The number of benzene rings is 1. The molecule has 0 bridgehead atoms. The quantitative estimate of drug-likeness (QED) is 0.353. The van der Waals surface area contributed by atoms with Crippen molar-refractivity contribution >= 4 is 11.5 Å². The molecule has 1 rings (SSSR count). The molecule has 0 amide bonds. The SMILES string of the molecule is Cc1cccc(/C(N)=N/O)c1N(C)CCCN(C)C. The number of nitrogens with two attached hydrogens (primary N) is 1. The van der Waals surface area contributed by atoms with Gasteiger partial charge in [0.2, 0.25) is 0 Å². The Labute approximate surface area is 115 Å². The van der Waals surface area contributed by atoms with E-state index in [9.17, 15) is 0 Å². The lowest BCUT2D eigenvalue weighted by molar-refractivity contribution is 0.318. The van der Waals surface area contributed by atoms with Gasteiger partial charge >= 0.3 is 0 Å². The summed E-state index contributed by atoms with van der Waals surface area (Å²) in [5.41, 5.74) is 8.66. The van der Waals surface area contributed by atoms with E-state index in [1.807, 2.05) is 32.2 Å². The topological polar surface area (TPSA) is 65.1 Å². The fraction of sp³-hybridized carbons (Fsp3) is 0.500. The summed E-state index contributed by atoms with van der Waals surface area (Å²) in [4.78, 5) is 4.32. The first-order chi connectivity index (χ1) is 8.97. The Hall–Kier alpha value is -1.75. The fourth-order valence-electron chi connectivity index (χ4n) is 2.16. The van der Waals surface area contributed by atoms with E-state index in [1.54, 1.807) is 0 Å². The predicted molar refractivity (Wildman–Crippen MR) is 80.1 cm³/mol. The van der Waals surface area contributed by atoms with Crippen molar-refractivity contribution < 1.29 is 5.21 Å². The van der Waals surface area contributed by atoms with Gasteiger partial charge in [-0.1, -0.05) is 17.3 Å². The number of amidine groups is 1. The Morgan fingerprint density at radius 1 is 1.26 bits per heavy atom. The van der Waals surface area contributed by atoms with E-state index in [1.165, 1.54) is 0 Å². The molecule has 1 aromatic carbocycles. The van der Waals surface area contributed by atoms with Gasteiger partial charge in [0.05, 0.1) is 5.69 Å². The Morgan fingerprint density at radius 2 is 1.95 bits per heavy atom. The third-order valence-electron chi connectivity index (χ3n) is 3.10. The van der Waals surface area contributed by atoms with Gasteiger partial charge in [-0.3, -0.25) is 0 Å². The highest BCUT2D eigenvalue weighted by atomic mass is 16.4. The van der Waals surface area contributed by atoms with Crippen LogP contribution in [0.15, 0.2) is 23.4 Å². The molecular weight excluding hydrogens is 240 g/mol. The van der Waals surface area contributed by atoms with Crippen LogP contribution in [-0.4, -0.2) is 50.2 Å². The number of aryl methyl sites for hydroxylation is 1. The molecule has 0 radical (unpaired) electrons. The van der Waals surface area contributed by atoms with Crippen molar-refractivity contribution in [3.63, 3.8) is 0 Å². The highest BCUT2D eigenvalue weighted by Crippen LogP contribution is 2.24. The van der Waals surface area contributed by atoms with Crippen molar-refractivity contribution in [3.05, 3.63) is 29.3 Å². The molecule has 5 nitrogen and oxygen atoms in total. The predicted octanol–water partition coefficient (Wildman–Crippen LogP) is 1.48. The largest absolute Gasteiger partial charge is 0.409 e. The van der Waals surface area contributed by atoms with Gasteiger partial charge in [-0.2, -0.15) is 0 Å². The average molecular weight is 264 g/mol. The number of para-hydroxylation sites is 1. The van der Waals surface area contributed by atoms with Crippen LogP contribution in [0.1, 0.15) is 17.5 Å². The van der Waals surface area contributed by atoms with Crippen molar-refractivity contribution in [2.75, 3.05) is 39.1 Å². The zero-order chi connectivity index (χ0) is 14.4. The van der Waals surface area contributed by atoms with Gasteiger partial charge in [-0.25, -0.2) is 0 Å². The van der Waals surface area contributed by atoms with Gasteiger partial charge in [0, 0.05) is 19.2 Å². The van der Waals surface area contributed by atoms with Crippen LogP contribution in [0, 0.1) is 6.92 Å². The second kappa shape index (κ2) is 6.99. The molecule has 0 aromatic heterocycles. The number of hydrogen-bond acceptors (Lipinski definition) is 4. The molecule has 106 valence electrons. The van der Waals surface area contributed by atoms with E-state index >= 15 is 0 Å². The molecule has 5 heteroatoms. The molecule has 0 spiro atoms. The third-order valence-corrected chi connectivity index (χ3v) is 3.10. The lowest BCUT2D eigenvalue weighted by Crippen LogP contribution is -2.27. The molecule has 0 fully saturated rings. The van der Waals surface area contributed by atoms with Crippen LogP contribution in [0.25, 0.3) is 0 Å². The van der Waals surface area contributed by atoms with Crippen molar-refractivity contribution in [3.8, 4) is 0 Å². The number of rotatable bonds is 6. The first-order valence-corrected chi connectivity index (χ1v) is 6.40. The molecule has 0 aliphatic carbocycles. The van der Waals surface area contributed by atoms with Crippen LogP contribution in [0.3, 0.4) is 0 Å². The maximum atomic E-state index is 8.87. The summed E-state index contributed by atoms with van der Waals surface area (Å²) < 4.78 is 0. The Bertz CT molecular complexity index is 443. The first kappa shape index (κ1) is 15.3. The summed E-state index contributed by atoms with van der Waals surface area (Å²) in [6, 6.07) is 5.83. The van der Waals surface area contributed by atoms with Crippen molar-refractivity contribution in [2.24, 2.45) is 10.9 Å². The van der Waals surface area contributed by atoms with Gasteiger partial charge in [0.1, 0.15) is 0 Å². The van der Waals surface area contributed by atoms with E-state index < -0.39 is 0 Å². The van der Waals surface area contributed by atoms with E-state index in [0.717, 1.165) is 36.3 Å². The highest BCUT2D eigenvalue weighted by molar-refractivity contribution is 6.02. The molecular formula is C14H24N4O. The van der Waals surface area contributed by atoms with E-state index in [0.29, 0.717) is 0 Å². The zero-order valence-corrected chi connectivity index (χ0v) is 12.2. The summed E-state index contributed by atoms with van der Waals surface area (Å²) in [5, 5.41) is 12.0. The molecule has 0 unspecified atom stereocenters. The summed E-state index contributed by atoms with van der Waals surface area (Å²) in [6.45, 7) is 4.00. The standard InChI is InChI=1S/C14H24N4O/c1-11-7-5-8-12(14(15)16-19)13(11)18(4)10-6-9-17(2)3/h5,7-8,19H,6,9-10H2,1-4H3,(H2,15,16). The monoisotopic (exact) mass is 264 g/mol. The fourth-order valence-corrected chi connectivity index (χ4v) is 2.16. The minimum atomic E-state index is 0.151. The van der Waals surface area contributed by atoms with Crippen molar-refractivity contribution in [2.45, 2.75) is 13.3 Å². The molecule has 3 N–H and O–H groups in total. The molecule has 0 aliphatic heterocycles. The minimum Gasteiger partial charge on any atom is -0.409 e. The Morgan fingerprint density at radius 3 is 2.53 bits per heavy atom. The molecule has 0 saturated carbocycles. The maximum absolute atomic E-state index is 8.87. The van der Waals surface area contributed by atoms with Crippen molar-refractivity contribution in [1.29, 1.82) is 0 Å². The van der Waals surface area contributed by atoms with Gasteiger partial charge in [0.15, 0.2) is 5.84 Å². The molecule has 0 aliphatic rings. The third kappa shape index (κ3) is 4.13. The van der Waals surface area contributed by atoms with E-state index in [4.69, 9.17) is 10.9 Å². The van der Waals surface area contributed by atoms with Gasteiger partial charge in [-0.15, -0.1) is 0 Å². The second-order valence-corrected chi connectivity index (χ2v) is 5.03. The summed E-state index contributed by atoms with van der Waals surface area (Å²) in [6.07, 6.45) is 1.06. The molecule has 0 atom stereocenters. The average Bonchev–Trinajstić information content (AvgIpc) is 2.36. The number of anilines is 1. The van der Waals surface area contributed by atoms with Crippen LogP contribution in [-0.2, 0) is 0 Å². The molecule has 0 saturated heterocycles. The van der Waals surface area contributed by atoms with Gasteiger partial charge in [0.25, 0.3) is 0 Å². The molecule has 19 heavy (non-hydrogen) atoms. The second-order valence-electron chi connectivity index (χ2n) is 5.03. The summed E-state index contributed by atoms with van der Waals surface area (Å²) in [5.74, 6) is 0.151. The van der Waals surface area contributed by atoms with Crippen LogP contribution < -0.4 is 10.6 Å². The minimum absolute atomic E-state index is 0.151. The maximum Gasteiger partial charge on any atom is 0.172 e. The van der Waals surface area contributed by atoms with Gasteiger partial charge < -0.3 is 20.7 Å². The van der Waals surface area contributed by atoms with Crippen molar-refractivity contribution in [1.82, 2.24) is 4.90 Å². The number of hydrogen-bond donors (Lipinski definition) is 2. The summed E-state index contributed by atoms with van der Waals surface area (Å²) >= 11 is 0. The van der Waals surface area contributed by atoms with E-state index in [2.05, 4.69) is 29.1 Å². The molecule has 0 heterocycles. The zero-order valence-electron chi connectivity index (χ0n) is 12.2. The smallest absolute Gasteiger partial charge is 0.172 e.